The highest BCUT2D eigenvalue weighted by Crippen LogP contribution is 2.38. The van der Waals surface area contributed by atoms with Gasteiger partial charge in [-0.15, -0.1) is 0 Å². The van der Waals surface area contributed by atoms with Gasteiger partial charge < -0.3 is 29.6 Å². The molecule has 1 atom stereocenters. The summed E-state index contributed by atoms with van der Waals surface area (Å²) < 4.78 is 20.9. The van der Waals surface area contributed by atoms with E-state index in [9.17, 15) is 14.4 Å². The standard InChI is InChI=1S/C21H24N2O7/c1-12(20(25)23-16-8-6-15(7-9-16)22-13(2)24)30-21(26)14-10-17(27-3)19(29-5)18(11-14)28-4/h6-12H,1-5H3,(H,22,24)(H,23,25)/t12-/m0/s1. The lowest BCUT2D eigenvalue weighted by molar-refractivity contribution is -0.123. The first-order valence-electron chi connectivity index (χ1n) is 8.98. The van der Waals surface area contributed by atoms with Crippen molar-refractivity contribution in [1.29, 1.82) is 0 Å². The number of hydrogen-bond acceptors (Lipinski definition) is 7. The molecule has 0 radical (unpaired) electrons. The molecule has 2 rings (SSSR count). The van der Waals surface area contributed by atoms with Crippen LogP contribution in [0, 0.1) is 0 Å². The Morgan fingerprint density at radius 1 is 0.833 bits per heavy atom. The number of esters is 1. The van der Waals surface area contributed by atoms with Crippen LogP contribution >= 0.6 is 0 Å². The van der Waals surface area contributed by atoms with E-state index in [0.29, 0.717) is 28.6 Å². The fourth-order valence-electron chi connectivity index (χ4n) is 2.57. The lowest BCUT2D eigenvalue weighted by Crippen LogP contribution is -2.30. The molecule has 9 nitrogen and oxygen atoms in total. The summed E-state index contributed by atoms with van der Waals surface area (Å²) >= 11 is 0. The predicted molar refractivity (Wildman–Crippen MR) is 110 cm³/mol. The summed E-state index contributed by atoms with van der Waals surface area (Å²) in [5.41, 5.74) is 1.23. The lowest BCUT2D eigenvalue weighted by Gasteiger charge is -2.16. The van der Waals surface area contributed by atoms with E-state index in [1.165, 1.54) is 47.3 Å². The van der Waals surface area contributed by atoms with Crippen LogP contribution in [-0.4, -0.2) is 45.2 Å². The second kappa shape index (κ2) is 10.1. The zero-order chi connectivity index (χ0) is 22.3. The number of methoxy groups -OCH3 is 3. The molecule has 0 unspecified atom stereocenters. The SMILES string of the molecule is COc1cc(C(=O)O[C@@H](C)C(=O)Nc2ccc(NC(C)=O)cc2)cc(OC)c1OC. The van der Waals surface area contributed by atoms with Crippen LogP contribution in [0.25, 0.3) is 0 Å². The van der Waals surface area contributed by atoms with E-state index in [4.69, 9.17) is 18.9 Å². The summed E-state index contributed by atoms with van der Waals surface area (Å²) in [5, 5.41) is 5.27. The van der Waals surface area contributed by atoms with Gasteiger partial charge in [-0.3, -0.25) is 9.59 Å². The highest BCUT2D eigenvalue weighted by molar-refractivity contribution is 5.98. The first-order valence-corrected chi connectivity index (χ1v) is 8.98. The van der Waals surface area contributed by atoms with Gasteiger partial charge in [0.05, 0.1) is 26.9 Å². The summed E-state index contributed by atoms with van der Waals surface area (Å²) in [6.07, 6.45) is -1.06. The van der Waals surface area contributed by atoms with Gasteiger partial charge in [-0.05, 0) is 43.3 Å². The van der Waals surface area contributed by atoms with E-state index in [2.05, 4.69) is 10.6 Å². The molecule has 0 aliphatic carbocycles. The highest BCUT2D eigenvalue weighted by atomic mass is 16.5. The van der Waals surface area contributed by atoms with Crippen LogP contribution in [0.3, 0.4) is 0 Å². The molecular formula is C21H24N2O7. The number of ether oxygens (including phenoxy) is 4. The quantitative estimate of drug-likeness (QED) is 0.636. The van der Waals surface area contributed by atoms with Crippen LogP contribution in [0.2, 0.25) is 0 Å². The molecule has 2 aromatic rings. The molecule has 160 valence electrons. The van der Waals surface area contributed by atoms with Crippen LogP contribution in [0.15, 0.2) is 36.4 Å². The number of hydrogen-bond donors (Lipinski definition) is 2. The Hall–Kier alpha value is -3.75. The molecule has 2 aromatic carbocycles. The average Bonchev–Trinajstić information content (AvgIpc) is 2.73. The van der Waals surface area contributed by atoms with Crippen LogP contribution in [0.5, 0.6) is 17.2 Å². The minimum absolute atomic E-state index is 0.142. The molecule has 0 aromatic heterocycles. The van der Waals surface area contributed by atoms with Crippen molar-refractivity contribution in [3.05, 3.63) is 42.0 Å². The van der Waals surface area contributed by atoms with E-state index in [1.807, 2.05) is 0 Å². The third kappa shape index (κ3) is 5.63. The van der Waals surface area contributed by atoms with Crippen molar-refractivity contribution >= 4 is 29.2 Å². The second-order valence-electron chi connectivity index (χ2n) is 6.21. The van der Waals surface area contributed by atoms with Gasteiger partial charge in [-0.2, -0.15) is 0 Å². The number of benzene rings is 2. The first-order chi connectivity index (χ1) is 14.3. The monoisotopic (exact) mass is 416 g/mol. The van der Waals surface area contributed by atoms with Gasteiger partial charge in [-0.25, -0.2) is 4.79 Å². The third-order valence-electron chi connectivity index (χ3n) is 4.03. The van der Waals surface area contributed by atoms with Gasteiger partial charge in [0.2, 0.25) is 11.7 Å². The van der Waals surface area contributed by atoms with Crippen molar-refractivity contribution in [2.24, 2.45) is 0 Å². The topological polar surface area (TPSA) is 112 Å². The van der Waals surface area contributed by atoms with Gasteiger partial charge in [-0.1, -0.05) is 0 Å². The normalized spacial score (nSPS) is 11.1. The van der Waals surface area contributed by atoms with E-state index in [1.54, 1.807) is 24.3 Å². The van der Waals surface area contributed by atoms with E-state index >= 15 is 0 Å². The van der Waals surface area contributed by atoms with Gasteiger partial charge in [0.15, 0.2) is 17.6 Å². The summed E-state index contributed by atoms with van der Waals surface area (Å²) in [6.45, 7) is 2.86. The van der Waals surface area contributed by atoms with Gasteiger partial charge in [0.1, 0.15) is 0 Å². The number of carbonyl (C=O) groups excluding carboxylic acids is 3. The minimum atomic E-state index is -1.06. The Morgan fingerprint density at radius 3 is 1.77 bits per heavy atom. The number of amides is 2. The van der Waals surface area contributed by atoms with Crippen LogP contribution < -0.4 is 24.8 Å². The fraction of sp³-hybridized carbons (Fsp3) is 0.286. The Labute approximate surface area is 174 Å². The van der Waals surface area contributed by atoms with Crippen molar-refractivity contribution in [3.63, 3.8) is 0 Å². The largest absolute Gasteiger partial charge is 0.493 e. The Morgan fingerprint density at radius 2 is 1.33 bits per heavy atom. The van der Waals surface area contributed by atoms with Crippen molar-refractivity contribution in [2.45, 2.75) is 20.0 Å². The maximum absolute atomic E-state index is 12.5. The Kier molecular flexibility index (Phi) is 7.62. The van der Waals surface area contributed by atoms with Gasteiger partial charge in [0.25, 0.3) is 5.91 Å². The second-order valence-corrected chi connectivity index (χ2v) is 6.21. The summed E-state index contributed by atoms with van der Waals surface area (Å²) in [4.78, 5) is 35.9. The van der Waals surface area contributed by atoms with Crippen molar-refractivity contribution in [2.75, 3.05) is 32.0 Å². The number of carbonyl (C=O) groups is 3. The fourth-order valence-corrected chi connectivity index (χ4v) is 2.57. The van der Waals surface area contributed by atoms with E-state index in [-0.39, 0.29) is 11.5 Å². The molecule has 0 heterocycles. The van der Waals surface area contributed by atoms with Crippen LogP contribution in [0.1, 0.15) is 24.2 Å². The summed E-state index contributed by atoms with van der Waals surface area (Å²) in [7, 11) is 4.31. The Bertz CT molecular complexity index is 900. The summed E-state index contributed by atoms with van der Waals surface area (Å²) in [5.74, 6) is -0.509. The molecule has 0 aliphatic heterocycles. The lowest BCUT2D eigenvalue weighted by atomic mass is 10.2. The Balaban J connectivity index is 2.06. The molecule has 9 heteroatoms. The van der Waals surface area contributed by atoms with Gasteiger partial charge >= 0.3 is 5.97 Å². The molecule has 2 amide bonds. The number of nitrogens with one attached hydrogen (secondary N) is 2. The highest BCUT2D eigenvalue weighted by Gasteiger charge is 2.22. The summed E-state index contributed by atoms with van der Waals surface area (Å²) in [6, 6.07) is 9.41. The third-order valence-corrected chi connectivity index (χ3v) is 4.03. The predicted octanol–water partition coefficient (Wildman–Crippen LogP) is 2.85. The smallest absolute Gasteiger partial charge is 0.339 e. The molecule has 0 spiro atoms. The molecule has 0 bridgehead atoms. The van der Waals surface area contributed by atoms with Crippen LogP contribution in [0.4, 0.5) is 11.4 Å². The zero-order valence-corrected chi connectivity index (χ0v) is 17.4. The number of anilines is 2. The molecule has 0 aliphatic rings. The van der Waals surface area contributed by atoms with E-state index in [0.717, 1.165) is 0 Å². The van der Waals surface area contributed by atoms with Crippen molar-refractivity contribution < 1.29 is 33.3 Å². The average molecular weight is 416 g/mol. The van der Waals surface area contributed by atoms with Crippen molar-refractivity contribution in [3.8, 4) is 17.2 Å². The van der Waals surface area contributed by atoms with E-state index < -0.39 is 18.0 Å². The maximum Gasteiger partial charge on any atom is 0.339 e. The zero-order valence-electron chi connectivity index (χ0n) is 17.4. The van der Waals surface area contributed by atoms with Gasteiger partial charge in [0, 0.05) is 18.3 Å². The van der Waals surface area contributed by atoms with Crippen LogP contribution in [-0.2, 0) is 14.3 Å². The molecular weight excluding hydrogens is 392 g/mol. The molecule has 2 N–H and O–H groups in total. The van der Waals surface area contributed by atoms with Crippen molar-refractivity contribution in [1.82, 2.24) is 0 Å². The first kappa shape index (κ1) is 22.5. The molecule has 0 fully saturated rings. The molecule has 0 saturated carbocycles. The molecule has 0 saturated heterocycles. The maximum atomic E-state index is 12.5. The molecule has 30 heavy (non-hydrogen) atoms. The minimum Gasteiger partial charge on any atom is -0.493 e. The number of rotatable bonds is 8.